The molecule has 7 rings (SSSR count). The van der Waals surface area contributed by atoms with Crippen LogP contribution >= 0.6 is 15.6 Å². The number of benzene rings is 4. The zero-order valence-corrected chi connectivity index (χ0v) is 40.7. The Kier molecular flexibility index (Phi) is 17.3. The molecule has 2 aliphatic heterocycles. The summed E-state index contributed by atoms with van der Waals surface area (Å²) in [6, 6.07) is 18.2. The van der Waals surface area contributed by atoms with Crippen molar-refractivity contribution in [3.8, 4) is 28.2 Å². The second-order valence-electron chi connectivity index (χ2n) is 16.5. The maximum atomic E-state index is 13.4. The molecule has 1 aromatic heterocycles. The summed E-state index contributed by atoms with van der Waals surface area (Å²) in [5.74, 6) is -4.57. The number of nitrogens with zero attached hydrogens (tertiary/aromatic N) is 1. The van der Waals surface area contributed by atoms with Crippen LogP contribution in [-0.2, 0) is 43.6 Å². The molecule has 1 aliphatic carbocycles. The molecule has 1 saturated heterocycles. The third-order valence-corrected chi connectivity index (χ3v) is 12.8. The molecule has 4 atom stereocenters. The van der Waals surface area contributed by atoms with Gasteiger partial charge in [0.2, 0.25) is 11.8 Å². The van der Waals surface area contributed by atoms with E-state index >= 15 is 0 Å². The van der Waals surface area contributed by atoms with Crippen molar-refractivity contribution in [1.29, 1.82) is 5.41 Å². The molecule has 26 nitrogen and oxygen atoms in total. The van der Waals surface area contributed by atoms with E-state index in [-0.39, 0.29) is 64.5 Å². The Bertz CT molecular complexity index is 3470. The number of amidine groups is 1. The van der Waals surface area contributed by atoms with Crippen molar-refractivity contribution in [2.75, 3.05) is 26.4 Å². The van der Waals surface area contributed by atoms with Crippen molar-refractivity contribution in [3.63, 3.8) is 0 Å². The summed E-state index contributed by atoms with van der Waals surface area (Å²) >= 11 is 0. The van der Waals surface area contributed by atoms with Crippen LogP contribution in [0.4, 0.5) is 0 Å². The summed E-state index contributed by atoms with van der Waals surface area (Å²) < 4.78 is 51.4. The highest BCUT2D eigenvalue weighted by Crippen LogP contribution is 2.46. The Balaban J connectivity index is 0.984. The molecule has 3 aliphatic rings. The fourth-order valence-electron chi connectivity index (χ4n) is 7.81. The van der Waals surface area contributed by atoms with Gasteiger partial charge in [-0.2, -0.15) is 0 Å². The zero-order chi connectivity index (χ0) is 54.2. The Labute approximate surface area is 423 Å². The second-order valence-corrected chi connectivity index (χ2v) is 19.2. The highest BCUT2D eigenvalue weighted by molar-refractivity contribution is 7.47. The number of phosphoric acid groups is 2. The van der Waals surface area contributed by atoms with Crippen LogP contribution in [0, 0.1) is 11.3 Å². The smallest absolute Gasteiger partial charge is 0.472 e. The van der Waals surface area contributed by atoms with E-state index in [1.807, 2.05) is 0 Å². The van der Waals surface area contributed by atoms with E-state index in [2.05, 4.69) is 25.5 Å². The summed E-state index contributed by atoms with van der Waals surface area (Å²) in [6.07, 6.45) is 0.722. The molecule has 0 bridgehead atoms. The first-order valence-corrected chi connectivity index (χ1v) is 25.2. The van der Waals surface area contributed by atoms with Gasteiger partial charge in [-0.25, -0.2) is 18.7 Å². The number of amides is 3. The molecule has 12 N–H and O–H groups in total. The number of carbonyl (C=O) groups excluding carboxylic acids is 3. The fraction of sp³-hybridized carbons (Fsp3) is 0.217. The number of nitrogens with two attached hydrogens (primary N) is 1. The van der Waals surface area contributed by atoms with Gasteiger partial charge in [-0.1, -0.05) is 30.6 Å². The normalized spacial score (nSPS) is 16.4. The molecule has 391 valence electrons. The number of nitrogen functional groups attached to an aromatic ring is 1. The number of fused-ring (bicyclic) bond motifs is 2. The number of phenols is 1. The molecule has 0 saturated carbocycles. The molecule has 4 aromatic rings. The average molecular weight is 1070 g/mol. The Hall–Kier alpha value is -7.84. The number of nitrogens with one attached hydrogen (secondary N) is 5. The van der Waals surface area contributed by atoms with Crippen LogP contribution < -0.4 is 38.4 Å². The summed E-state index contributed by atoms with van der Waals surface area (Å²) in [7, 11) is -8.44. The number of phenolic OH excluding ortho intramolecular Hbond substituents is 1. The number of carboxylic acids is 1. The van der Waals surface area contributed by atoms with E-state index in [1.54, 1.807) is 24.3 Å². The number of ether oxygens (including phenoxy) is 1. The highest BCUT2D eigenvalue weighted by Gasteiger charge is 2.39. The van der Waals surface area contributed by atoms with Crippen LogP contribution in [0.15, 0.2) is 110 Å². The summed E-state index contributed by atoms with van der Waals surface area (Å²) in [6.45, 7) is -2.52. The molecular formula is C46H45BN7O19P2. The maximum Gasteiger partial charge on any atom is 0.472 e. The largest absolute Gasteiger partial charge is 0.508 e. The third-order valence-electron chi connectivity index (χ3n) is 11.4. The van der Waals surface area contributed by atoms with Gasteiger partial charge in [0, 0.05) is 65.1 Å². The van der Waals surface area contributed by atoms with Crippen LogP contribution in [0.5, 0.6) is 5.75 Å². The van der Waals surface area contributed by atoms with Crippen molar-refractivity contribution < 1.29 is 75.9 Å². The van der Waals surface area contributed by atoms with Gasteiger partial charge in [0.15, 0.2) is 5.43 Å². The molecule has 1 fully saturated rings. The van der Waals surface area contributed by atoms with Crippen LogP contribution in [-0.4, -0.2) is 104 Å². The first-order valence-electron chi connectivity index (χ1n) is 22.2. The minimum atomic E-state index is -4.93. The standard InChI is InChI=1S/C46H45BN7O19P2/c48-42(49)25-3-1-24(2-4-25)18-50-39(58)21-70-75(67,68)69-20-37-28(17-47-22-71-74(64,65)66)14-40(73-37)54-19-27(44(60)53-46(54)63)6-12-38(57)51-23-52-43(59)26-5-9-31(45(61)62)34(13-26)41-32-10-7-29(55)15-35(32)72-36-16-30(56)8-11-33(36)41/h1-13,15-16,19,28,37,40,55H,14,17-18,20-23H2,(H3,48,49)(H,50,58)(H,51,57)(H,52,59)(H,61,62)(H,67,68)(H,53,60,63)(H2,64,65,66)/b12-6+. The Morgan fingerprint density at radius 2 is 1.65 bits per heavy atom. The Morgan fingerprint density at radius 1 is 0.907 bits per heavy atom. The predicted octanol–water partition coefficient (Wildman–Crippen LogP) is 2.16. The lowest BCUT2D eigenvalue weighted by molar-refractivity contribution is -0.124. The van der Waals surface area contributed by atoms with E-state index in [1.165, 1.54) is 61.9 Å². The predicted molar refractivity (Wildman–Crippen MR) is 266 cm³/mol. The number of H-pyrrole nitrogens is 1. The quantitative estimate of drug-likeness (QED) is 0.00678. The number of aromatic nitrogens is 2. The van der Waals surface area contributed by atoms with Crippen LogP contribution in [0.3, 0.4) is 0 Å². The van der Waals surface area contributed by atoms with E-state index in [0.717, 1.165) is 22.9 Å². The number of aromatic carboxylic acids is 1. The molecule has 0 spiro atoms. The molecule has 1 radical (unpaired) electrons. The first kappa shape index (κ1) is 54.9. The third kappa shape index (κ3) is 14.5. The van der Waals surface area contributed by atoms with Gasteiger partial charge in [0.05, 0.1) is 30.5 Å². The fourth-order valence-corrected chi connectivity index (χ4v) is 8.80. The molecule has 4 unspecified atom stereocenters. The lowest BCUT2D eigenvalue weighted by atomic mass is 9.69. The van der Waals surface area contributed by atoms with Crippen molar-refractivity contribution in [1.82, 2.24) is 25.5 Å². The zero-order valence-electron chi connectivity index (χ0n) is 38.9. The van der Waals surface area contributed by atoms with Crippen molar-refractivity contribution in [2.45, 2.75) is 31.6 Å². The minimum absolute atomic E-state index is 0.00158. The van der Waals surface area contributed by atoms with E-state index in [4.69, 9.17) is 39.1 Å². The van der Waals surface area contributed by atoms with E-state index in [9.17, 15) is 57.8 Å². The summed E-state index contributed by atoms with van der Waals surface area (Å²) in [4.78, 5) is 120. The topological polar surface area (TPSA) is 412 Å². The number of phosphoric ester groups is 2. The lowest BCUT2D eigenvalue weighted by Crippen LogP contribution is -2.36. The molecule has 3 amide bonds. The molecule has 29 heteroatoms. The average Bonchev–Trinajstić information content (AvgIpc) is 3.76. The number of hydrogen-bond donors (Lipinski definition) is 11. The van der Waals surface area contributed by atoms with E-state index < -0.39 is 101 Å². The van der Waals surface area contributed by atoms with Crippen LogP contribution in [0.1, 0.15) is 50.1 Å². The first-order chi connectivity index (χ1) is 35.5. The SMILES string of the molecule is N=C(N)c1ccc(CNC(=O)COP(=O)(O)OCC2OC(n3cc(/C=C/C(=O)NCNC(=O)c4ccc(C(=O)O)c(-c5c6ccc(=O)cc-6oc6cc(O)ccc56)c4)c(=O)[nH]c3=O)CC2C[B]COP(=O)(O)O)cc1. The monoisotopic (exact) mass is 1070 g/mol. The minimum Gasteiger partial charge on any atom is -0.508 e. The van der Waals surface area contributed by atoms with Crippen molar-refractivity contribution in [2.24, 2.45) is 11.7 Å². The molecule has 75 heavy (non-hydrogen) atoms. The van der Waals surface area contributed by atoms with Gasteiger partial charge in [-0.3, -0.25) is 52.5 Å². The van der Waals surface area contributed by atoms with Crippen molar-refractivity contribution >= 4 is 69.5 Å². The van der Waals surface area contributed by atoms with Gasteiger partial charge < -0.3 is 55.7 Å². The number of hydrogen-bond acceptors (Lipinski definition) is 16. The molecular weight excluding hydrogens is 1030 g/mol. The molecule has 3 heterocycles. The number of aromatic amines is 1. The van der Waals surface area contributed by atoms with Crippen LogP contribution in [0.25, 0.3) is 39.5 Å². The summed E-state index contributed by atoms with van der Waals surface area (Å²) in [5.41, 5.74) is 4.65. The number of aromatic hydroxyl groups is 1. The highest BCUT2D eigenvalue weighted by atomic mass is 31.2. The van der Waals surface area contributed by atoms with Gasteiger partial charge >= 0.3 is 27.3 Å². The lowest BCUT2D eigenvalue weighted by Gasteiger charge is -2.20. The number of carbonyl (C=O) groups is 4. The van der Waals surface area contributed by atoms with Gasteiger partial charge in [0.25, 0.3) is 11.5 Å². The van der Waals surface area contributed by atoms with Gasteiger partial charge in [-0.15, -0.1) is 0 Å². The second kappa shape index (κ2) is 23.6. The van der Waals surface area contributed by atoms with Crippen molar-refractivity contribution in [3.05, 3.63) is 150 Å². The number of rotatable bonds is 22. The number of carboxylic acid groups (broad SMARTS) is 1. The van der Waals surface area contributed by atoms with Crippen LogP contribution in [0.2, 0.25) is 6.32 Å². The van der Waals surface area contributed by atoms with E-state index in [0.29, 0.717) is 27.6 Å². The Morgan fingerprint density at radius 3 is 2.37 bits per heavy atom. The van der Waals surface area contributed by atoms with Gasteiger partial charge in [0.1, 0.15) is 43.0 Å². The molecule has 3 aromatic carbocycles. The van der Waals surface area contributed by atoms with Gasteiger partial charge in [-0.05, 0) is 72.0 Å². The maximum absolute atomic E-state index is 13.4. The summed E-state index contributed by atoms with van der Waals surface area (Å²) in [5, 5.41) is 35.5.